The maximum atomic E-state index is 11.8. The van der Waals surface area contributed by atoms with Gasteiger partial charge >= 0.3 is 20.7 Å². The maximum absolute atomic E-state index is 11.8. The molecule has 13 heavy (non-hydrogen) atoms. The van der Waals surface area contributed by atoms with E-state index in [1.54, 1.807) is 0 Å². The first-order chi connectivity index (χ1) is 5.77. The smallest absolute Gasteiger partial charge is 0.244 e. The first kappa shape index (κ1) is 12.3. The van der Waals surface area contributed by atoms with Gasteiger partial charge in [0.1, 0.15) is 6.61 Å². The van der Waals surface area contributed by atoms with Gasteiger partial charge in [0.25, 0.3) is 0 Å². The highest BCUT2D eigenvalue weighted by molar-refractivity contribution is 8.00. The topological polar surface area (TPSA) is 89.5 Å². The lowest BCUT2D eigenvalue weighted by Gasteiger charge is -1.99. The van der Waals surface area contributed by atoms with Gasteiger partial charge in [0.15, 0.2) is 0 Å². The highest BCUT2D eigenvalue weighted by Crippen LogP contribution is 1.92. The molecule has 9 heteroatoms. The van der Waals surface area contributed by atoms with E-state index in [-0.39, 0.29) is 0 Å². The fourth-order valence-electron chi connectivity index (χ4n) is 0.325. The van der Waals surface area contributed by atoms with E-state index in [9.17, 15) is 20.7 Å². The van der Waals surface area contributed by atoms with E-state index in [1.807, 2.05) is 0 Å². The van der Waals surface area contributed by atoms with Crippen LogP contribution in [0.3, 0.4) is 0 Å². The lowest BCUT2D eigenvalue weighted by Crippen LogP contribution is -2.29. The van der Waals surface area contributed by atoms with Gasteiger partial charge in [-0.2, -0.15) is 16.8 Å². The Balaban J connectivity index is 4.33. The van der Waals surface area contributed by atoms with Crippen molar-refractivity contribution in [1.29, 1.82) is 0 Å². The van der Waals surface area contributed by atoms with E-state index >= 15 is 0 Å². The van der Waals surface area contributed by atoms with Crippen LogP contribution >= 0.6 is 0 Å². The third-order valence-corrected chi connectivity index (χ3v) is 2.71. The van der Waals surface area contributed by atoms with Gasteiger partial charge in [-0.3, -0.25) is 0 Å². The van der Waals surface area contributed by atoms with Crippen molar-refractivity contribution in [2.45, 2.75) is 6.92 Å². The summed E-state index contributed by atoms with van der Waals surface area (Å²) in [5.74, 6) is 4.47. The molecule has 0 bridgehead atoms. The van der Waals surface area contributed by atoms with Crippen LogP contribution in [0.15, 0.2) is 0 Å². The van der Waals surface area contributed by atoms with Gasteiger partial charge in [0.2, 0.25) is 0 Å². The molecule has 0 aliphatic rings. The Morgan fingerprint density at radius 3 is 2.31 bits per heavy atom. The summed E-state index contributed by atoms with van der Waals surface area (Å²) in [7, 11) is -9.96. The zero-order chi connectivity index (χ0) is 10.5. The van der Waals surface area contributed by atoms with Crippen LogP contribution < -0.4 is 4.13 Å². The summed E-state index contributed by atoms with van der Waals surface area (Å²) in [6, 6.07) is 0. The van der Waals surface area contributed by atoms with Gasteiger partial charge in [0, 0.05) is 0 Å². The van der Waals surface area contributed by atoms with Crippen molar-refractivity contribution < 1.29 is 24.9 Å². The summed E-state index contributed by atoms with van der Waals surface area (Å²) in [4.78, 5) is 0. The minimum Gasteiger partial charge on any atom is -0.244 e. The summed E-state index contributed by atoms with van der Waals surface area (Å²) in [5, 5.41) is 0. The first-order valence-electron chi connectivity index (χ1n) is 2.79. The average Bonchev–Trinajstić information content (AvgIpc) is 1.81. The molecular formula is C4H6FNO5S2. The van der Waals surface area contributed by atoms with Crippen LogP contribution in [0.1, 0.15) is 6.92 Å². The molecule has 0 spiro atoms. The fraction of sp³-hybridized carbons (Fsp3) is 0.500. The molecular weight excluding hydrogens is 225 g/mol. The Bertz CT molecular complexity index is 413. The van der Waals surface area contributed by atoms with Crippen LogP contribution in [0, 0.1) is 11.8 Å². The summed E-state index contributed by atoms with van der Waals surface area (Å²) < 4.78 is 56.9. The molecule has 6 nitrogen and oxygen atoms in total. The largest absolute Gasteiger partial charge is 0.387 e. The van der Waals surface area contributed by atoms with Gasteiger partial charge < -0.3 is 0 Å². The van der Waals surface area contributed by atoms with Crippen molar-refractivity contribution in [3.05, 3.63) is 0 Å². The van der Waals surface area contributed by atoms with E-state index in [2.05, 4.69) is 16.0 Å². The van der Waals surface area contributed by atoms with Crippen molar-refractivity contribution in [3.8, 4) is 11.8 Å². The Labute approximate surface area is 75.7 Å². The van der Waals surface area contributed by atoms with E-state index < -0.39 is 27.3 Å². The SMILES string of the molecule is CC#CCOS(=O)(=O)NS(=O)(=O)F. The predicted octanol–water partition coefficient (Wildman–Crippen LogP) is -0.925. The van der Waals surface area contributed by atoms with Gasteiger partial charge in [-0.05, 0) is 6.92 Å². The minimum absolute atomic E-state index is 0.540. The number of hydrogen-bond acceptors (Lipinski definition) is 5. The van der Waals surface area contributed by atoms with E-state index in [4.69, 9.17) is 0 Å². The Kier molecular flexibility index (Phi) is 4.28. The average molecular weight is 231 g/mol. The second kappa shape index (κ2) is 4.52. The number of rotatable bonds is 4. The quantitative estimate of drug-likeness (QED) is 0.499. The Morgan fingerprint density at radius 2 is 1.92 bits per heavy atom. The predicted molar refractivity (Wildman–Crippen MR) is 41.5 cm³/mol. The second-order valence-corrected chi connectivity index (χ2v) is 4.35. The molecule has 0 atom stereocenters. The summed E-state index contributed by atoms with van der Waals surface area (Å²) >= 11 is 0. The molecule has 0 saturated carbocycles. The van der Waals surface area contributed by atoms with Gasteiger partial charge in [-0.25, -0.2) is 4.18 Å². The zero-order valence-corrected chi connectivity index (χ0v) is 8.08. The second-order valence-electron chi connectivity index (χ2n) is 1.66. The Morgan fingerprint density at radius 1 is 1.38 bits per heavy atom. The minimum atomic E-state index is -5.33. The lowest BCUT2D eigenvalue weighted by atomic mass is 10.6. The van der Waals surface area contributed by atoms with Gasteiger partial charge in [0.05, 0.1) is 0 Å². The van der Waals surface area contributed by atoms with Crippen molar-refractivity contribution in [2.75, 3.05) is 6.61 Å². The van der Waals surface area contributed by atoms with E-state index in [0.717, 1.165) is 0 Å². The van der Waals surface area contributed by atoms with Crippen molar-refractivity contribution >= 4 is 20.7 Å². The van der Waals surface area contributed by atoms with Crippen molar-refractivity contribution in [1.82, 2.24) is 4.13 Å². The third-order valence-electron chi connectivity index (χ3n) is 0.665. The van der Waals surface area contributed by atoms with Crippen LogP contribution in [-0.4, -0.2) is 23.4 Å². The lowest BCUT2D eigenvalue weighted by molar-refractivity contribution is 0.359. The van der Waals surface area contributed by atoms with Gasteiger partial charge in [-0.15, -0.1) is 5.92 Å². The molecule has 1 N–H and O–H groups in total. The maximum Gasteiger partial charge on any atom is 0.387 e. The Hall–Kier alpha value is -0.690. The molecule has 0 fully saturated rings. The molecule has 0 aliphatic heterocycles. The molecule has 0 aliphatic carbocycles. The van der Waals surface area contributed by atoms with Crippen LogP contribution in [0.4, 0.5) is 3.89 Å². The standard InChI is InChI=1S/C4H6FNO5S2/c1-2-3-4-11-13(9,10)6-12(5,7)8/h6H,4H2,1H3. The van der Waals surface area contributed by atoms with Crippen LogP contribution in [0.2, 0.25) is 0 Å². The number of halogens is 1. The van der Waals surface area contributed by atoms with Gasteiger partial charge in [-0.1, -0.05) is 13.9 Å². The van der Waals surface area contributed by atoms with Crippen molar-refractivity contribution in [3.63, 3.8) is 0 Å². The highest BCUT2D eigenvalue weighted by Gasteiger charge is 2.19. The summed E-state index contributed by atoms with van der Waals surface area (Å²) in [6.07, 6.45) is 0. The normalized spacial score (nSPS) is 11.8. The molecule has 76 valence electrons. The highest BCUT2D eigenvalue weighted by atomic mass is 32.3. The molecule has 0 rings (SSSR count). The monoisotopic (exact) mass is 231 g/mol. The molecule has 0 saturated heterocycles. The van der Waals surface area contributed by atoms with Crippen LogP contribution in [0.5, 0.6) is 0 Å². The van der Waals surface area contributed by atoms with Crippen molar-refractivity contribution in [2.24, 2.45) is 0 Å². The van der Waals surface area contributed by atoms with E-state index in [0.29, 0.717) is 4.13 Å². The summed E-state index contributed by atoms with van der Waals surface area (Å²) in [5.41, 5.74) is 0. The number of hydrogen-bond donors (Lipinski definition) is 1. The molecule has 0 amide bonds. The molecule has 0 aromatic rings. The van der Waals surface area contributed by atoms with Crippen LogP contribution in [0.25, 0.3) is 0 Å². The molecule has 0 aromatic heterocycles. The fourth-order valence-corrected chi connectivity index (χ4v) is 1.71. The zero-order valence-electron chi connectivity index (χ0n) is 6.44. The molecule has 0 aromatic carbocycles. The third kappa shape index (κ3) is 7.66. The first-order valence-corrected chi connectivity index (χ1v) is 5.58. The molecule has 0 heterocycles. The summed E-state index contributed by atoms with van der Waals surface area (Å²) in [6.45, 7) is 0.886. The molecule has 0 unspecified atom stereocenters. The number of nitrogens with one attached hydrogen (secondary N) is 1. The van der Waals surface area contributed by atoms with Crippen LogP contribution in [-0.2, 0) is 24.9 Å². The molecule has 0 radical (unpaired) electrons. The van der Waals surface area contributed by atoms with E-state index in [1.165, 1.54) is 6.92 Å².